The van der Waals surface area contributed by atoms with Crippen LogP contribution in [0.4, 0.5) is 0 Å². The number of rotatable bonds is 27. The molecule has 0 spiro atoms. The Morgan fingerprint density at radius 2 is 0.981 bits per heavy atom. The van der Waals surface area contributed by atoms with E-state index in [1.165, 1.54) is 0 Å². The van der Waals surface area contributed by atoms with Crippen molar-refractivity contribution in [3.8, 4) is 11.5 Å². The summed E-state index contributed by atoms with van der Waals surface area (Å²) in [4.78, 5) is 11.2. The molecule has 2 aliphatic heterocycles. The van der Waals surface area contributed by atoms with Crippen LogP contribution in [-0.2, 0) is 41.5 Å². The number of nitrogens with one attached hydrogen (secondary N) is 2. The third-order valence-corrected chi connectivity index (χ3v) is 8.00. The second-order valence-corrected chi connectivity index (χ2v) is 12.1. The minimum absolute atomic E-state index is 0.0760. The van der Waals surface area contributed by atoms with Crippen LogP contribution in [0.2, 0.25) is 0 Å². The van der Waals surface area contributed by atoms with Crippen LogP contribution >= 0.6 is 0 Å². The Balaban J connectivity index is 1.15. The lowest BCUT2D eigenvalue weighted by Crippen LogP contribution is -3.04. The third kappa shape index (κ3) is 15.6. The van der Waals surface area contributed by atoms with Gasteiger partial charge >= 0.3 is 12.7 Å². The minimum Gasteiger partial charge on any atom is -0.872 e. The number of quaternary nitrogens is 2. The topological polar surface area (TPSA) is 141 Å². The lowest BCUT2D eigenvalue weighted by Gasteiger charge is -2.12. The fraction of sp³-hybridized carbons (Fsp3) is 0.474. The van der Waals surface area contributed by atoms with Crippen molar-refractivity contribution in [1.82, 2.24) is 0 Å². The molecule has 0 aliphatic carbocycles. The van der Waals surface area contributed by atoms with Gasteiger partial charge in [0.1, 0.15) is 26.3 Å². The molecule has 4 rings (SSSR count). The van der Waals surface area contributed by atoms with E-state index in [4.69, 9.17) is 28.4 Å². The molecule has 2 aliphatic rings. The summed E-state index contributed by atoms with van der Waals surface area (Å²) in [5, 5.41) is 25.0. The van der Waals surface area contributed by atoms with Crippen LogP contribution in [0.25, 0.3) is 0 Å². The number of ether oxygens (including phenoxy) is 6. The van der Waals surface area contributed by atoms with E-state index < -0.39 is 0 Å². The van der Waals surface area contributed by atoms with Crippen molar-refractivity contribution in [2.75, 3.05) is 106 Å². The maximum absolute atomic E-state index is 12.5. The smallest absolute Gasteiger partial charge is 0.335 e. The van der Waals surface area contributed by atoms with Crippen molar-refractivity contribution >= 4 is 25.1 Å². The summed E-state index contributed by atoms with van der Waals surface area (Å²) >= 11 is 0. The van der Waals surface area contributed by atoms with E-state index >= 15 is 0 Å². The molecule has 2 aromatic carbocycles. The van der Waals surface area contributed by atoms with Crippen molar-refractivity contribution in [2.45, 2.75) is 13.1 Å². The average Bonchev–Trinajstić information content (AvgIpc) is 3.80. The number of benzene rings is 2. The van der Waals surface area contributed by atoms with E-state index in [0.29, 0.717) is 103 Å². The van der Waals surface area contributed by atoms with Crippen molar-refractivity contribution in [1.29, 1.82) is 0 Å². The van der Waals surface area contributed by atoms with Gasteiger partial charge in [0.2, 0.25) is 12.4 Å². The highest BCUT2D eigenvalue weighted by molar-refractivity contribution is 5.84. The van der Waals surface area contributed by atoms with Gasteiger partial charge in [-0.15, -0.1) is 11.5 Å². The highest BCUT2D eigenvalue weighted by Gasteiger charge is 2.19. The van der Waals surface area contributed by atoms with E-state index in [2.05, 4.69) is 44.2 Å². The largest absolute Gasteiger partial charge is 0.872 e. The molecular weight excluding hydrogens is 668 g/mol. The SMILES string of the molecule is COCCOCCOCC[N+]1=C[NH+](Cc2ccc([O-])c(C=NCCN=Cc3cc(C[NH+]4C=C[N+](CCOCCOCCOC)=C4)ccc3[O-])c2)C=C1. The Labute approximate surface area is 306 Å². The van der Waals surface area contributed by atoms with E-state index in [1.54, 1.807) is 38.8 Å². The van der Waals surface area contributed by atoms with Gasteiger partial charge in [-0.3, -0.25) is 9.98 Å². The van der Waals surface area contributed by atoms with Crippen LogP contribution in [0.5, 0.6) is 11.5 Å². The standard InChI is InChI=1S/C38H52N6O8/c1-47-17-19-51-23-21-49-15-13-41-9-11-43(31-41)29-33-3-5-37(45)35(25-33)27-39-7-8-40-28-36-26-34(4-6-38(36)46)30-44-12-10-42(32-44)14-16-50-22-24-52-20-18-48-2/h3-6,9-12,25-28,31-32H,7-8,13-24,29-30H2,1-2H3/p+2. The maximum Gasteiger partial charge on any atom is 0.335 e. The van der Waals surface area contributed by atoms with Crippen LogP contribution in [0.15, 0.2) is 71.2 Å². The van der Waals surface area contributed by atoms with Gasteiger partial charge in [0.05, 0.1) is 65.9 Å². The fourth-order valence-corrected chi connectivity index (χ4v) is 5.27. The molecule has 0 saturated heterocycles. The molecule has 2 aromatic rings. The van der Waals surface area contributed by atoms with E-state index in [0.717, 1.165) is 34.0 Å². The molecule has 0 radical (unpaired) electrons. The van der Waals surface area contributed by atoms with E-state index in [1.807, 2.05) is 36.7 Å². The molecule has 0 saturated carbocycles. The normalized spacial score (nSPS) is 16.9. The van der Waals surface area contributed by atoms with Crippen molar-refractivity contribution in [2.24, 2.45) is 9.98 Å². The Kier molecular flexibility index (Phi) is 18.9. The number of hydrogen-bond donors (Lipinski definition) is 2. The lowest BCUT2D eigenvalue weighted by molar-refractivity contribution is -0.765. The van der Waals surface area contributed by atoms with Crippen molar-refractivity contribution in [3.63, 3.8) is 0 Å². The van der Waals surface area contributed by atoms with Crippen molar-refractivity contribution in [3.05, 3.63) is 83.5 Å². The predicted octanol–water partition coefficient (Wildman–Crippen LogP) is -1.45. The zero-order valence-corrected chi connectivity index (χ0v) is 30.5. The summed E-state index contributed by atoms with van der Waals surface area (Å²) in [6.07, 6.45) is 15.6. The molecule has 14 nitrogen and oxygen atoms in total. The van der Waals surface area contributed by atoms with Crippen molar-refractivity contribution < 1.29 is 57.6 Å². The van der Waals surface area contributed by atoms with Crippen LogP contribution < -0.4 is 20.0 Å². The summed E-state index contributed by atoms with van der Waals surface area (Å²) in [6.45, 7) is 9.41. The molecule has 0 amide bonds. The van der Waals surface area contributed by atoms with Crippen LogP contribution in [-0.4, -0.2) is 141 Å². The Morgan fingerprint density at radius 3 is 1.40 bits per heavy atom. The molecule has 52 heavy (non-hydrogen) atoms. The molecule has 2 unspecified atom stereocenters. The number of aliphatic imine (C=N–C) groups is 2. The van der Waals surface area contributed by atoms with Gasteiger partial charge in [-0.2, -0.15) is 9.15 Å². The maximum atomic E-state index is 12.5. The summed E-state index contributed by atoms with van der Waals surface area (Å²) in [5.41, 5.74) is 3.15. The number of hydrogen-bond acceptors (Lipinski definition) is 10. The molecule has 2 heterocycles. The summed E-state index contributed by atoms with van der Waals surface area (Å²) < 4.78 is 36.2. The summed E-state index contributed by atoms with van der Waals surface area (Å²) in [6, 6.07) is 10.7. The Morgan fingerprint density at radius 1 is 0.577 bits per heavy atom. The van der Waals surface area contributed by atoms with Gasteiger partial charge < -0.3 is 38.6 Å². The molecule has 0 bridgehead atoms. The van der Waals surface area contributed by atoms with Gasteiger partial charge in [-0.25, -0.2) is 9.80 Å². The lowest BCUT2D eigenvalue weighted by atomic mass is 10.1. The highest BCUT2D eigenvalue weighted by Crippen LogP contribution is 2.14. The zero-order valence-electron chi connectivity index (χ0n) is 30.5. The highest BCUT2D eigenvalue weighted by atomic mass is 16.5. The molecule has 2 atom stereocenters. The predicted molar refractivity (Wildman–Crippen MR) is 194 cm³/mol. The molecule has 14 heteroatoms. The second kappa shape index (κ2) is 24.2. The molecular formula is C38H54N6O8+2. The first-order chi connectivity index (χ1) is 25.5. The van der Waals surface area contributed by atoms with Crippen LogP contribution in [0.1, 0.15) is 22.3 Å². The van der Waals surface area contributed by atoms with Gasteiger partial charge in [-0.1, -0.05) is 24.3 Å². The van der Waals surface area contributed by atoms with E-state index in [-0.39, 0.29) is 11.5 Å². The first-order valence-corrected chi connectivity index (χ1v) is 17.7. The molecule has 2 N–H and O–H groups in total. The quantitative estimate of drug-likeness (QED) is 0.0649. The minimum atomic E-state index is -0.0760. The second-order valence-electron chi connectivity index (χ2n) is 12.1. The summed E-state index contributed by atoms with van der Waals surface area (Å²) in [7, 11) is 3.30. The van der Waals surface area contributed by atoms with Gasteiger partial charge in [-0.05, 0) is 23.3 Å². The zero-order chi connectivity index (χ0) is 36.6. The number of methoxy groups -OCH3 is 2. The van der Waals surface area contributed by atoms with E-state index in [9.17, 15) is 10.2 Å². The first-order valence-electron chi connectivity index (χ1n) is 17.7. The average molecular weight is 723 g/mol. The Hall–Kier alpha value is -4.12. The van der Waals surface area contributed by atoms with Crippen LogP contribution in [0.3, 0.4) is 0 Å². The molecule has 0 aromatic heterocycles. The van der Waals surface area contributed by atoms with Gasteiger partial charge in [0, 0.05) is 37.8 Å². The van der Waals surface area contributed by atoms with Gasteiger partial charge in [0.15, 0.2) is 25.5 Å². The molecule has 282 valence electrons. The Bertz CT molecular complexity index is 1430. The fourth-order valence-electron chi connectivity index (χ4n) is 5.27. The van der Waals surface area contributed by atoms with Crippen LogP contribution in [0, 0.1) is 0 Å². The van der Waals surface area contributed by atoms with Gasteiger partial charge in [0.25, 0.3) is 0 Å². The third-order valence-electron chi connectivity index (χ3n) is 8.00. The molecule has 0 fully saturated rings. The number of nitrogens with zero attached hydrogens (tertiary/aromatic N) is 4. The monoisotopic (exact) mass is 722 g/mol. The summed E-state index contributed by atoms with van der Waals surface area (Å²) in [5.74, 6) is -0.152. The first kappa shape index (κ1) is 40.6.